The molecule has 5 nitrogen and oxygen atoms in total. The highest BCUT2D eigenvalue weighted by atomic mass is 127. The largest absolute Gasteiger partial charge is 0.491 e. The number of nitriles is 1. The Morgan fingerprint density at radius 1 is 0.912 bits per heavy atom. The minimum absolute atomic E-state index is 0.178. The first-order valence-corrected chi connectivity index (χ1v) is 15.1. The van der Waals surface area contributed by atoms with E-state index in [9.17, 15) is 9.65 Å². The van der Waals surface area contributed by atoms with Crippen molar-refractivity contribution in [2.75, 3.05) is 44.3 Å². The first kappa shape index (κ1) is 26.4. The molecule has 0 radical (unpaired) electrons. The lowest BCUT2D eigenvalue weighted by Crippen LogP contribution is -2.46. The van der Waals surface area contributed by atoms with E-state index >= 15 is 0 Å². The molecule has 1 heterocycles. The number of anilines is 1. The van der Waals surface area contributed by atoms with Gasteiger partial charge in [-0.25, -0.2) is 4.39 Å². The molecule has 178 valence electrons. The molecule has 0 saturated carbocycles. The summed E-state index contributed by atoms with van der Waals surface area (Å²) >= 11 is 2.19. The summed E-state index contributed by atoms with van der Waals surface area (Å²) in [7, 11) is 0. The SMILES string of the molecule is Fc1ccccc1.N#Cc1cc(OCCOPI)ccc1N1CCN(Cc2ccccc2)CC1. The van der Waals surface area contributed by atoms with Crippen molar-refractivity contribution in [3.8, 4) is 11.8 Å². The second-order valence-corrected chi connectivity index (χ2v) is 9.37. The van der Waals surface area contributed by atoms with Gasteiger partial charge in [0, 0.05) is 32.7 Å². The molecule has 1 fully saturated rings. The molecule has 0 N–H and O–H groups in total. The molecule has 0 bridgehead atoms. The van der Waals surface area contributed by atoms with Gasteiger partial charge in [0.15, 0.2) is 0 Å². The first-order valence-electron chi connectivity index (χ1n) is 11.1. The molecule has 1 aliphatic heterocycles. The Balaban J connectivity index is 0.000000396. The third-order valence-electron chi connectivity index (χ3n) is 5.29. The zero-order valence-corrected chi connectivity index (χ0v) is 22.0. The van der Waals surface area contributed by atoms with Gasteiger partial charge in [-0.1, -0.05) is 48.5 Å². The van der Waals surface area contributed by atoms with Crippen LogP contribution in [0.3, 0.4) is 0 Å². The first-order chi connectivity index (χ1) is 16.7. The zero-order valence-electron chi connectivity index (χ0n) is 18.9. The van der Waals surface area contributed by atoms with Crippen molar-refractivity contribution in [3.05, 3.63) is 95.8 Å². The Kier molecular flexibility index (Phi) is 11.6. The number of benzene rings is 3. The van der Waals surface area contributed by atoms with E-state index in [0.717, 1.165) is 44.2 Å². The molecule has 0 aromatic heterocycles. The minimum atomic E-state index is -0.178. The highest BCUT2D eigenvalue weighted by Gasteiger charge is 2.19. The van der Waals surface area contributed by atoms with Crippen LogP contribution < -0.4 is 9.64 Å². The van der Waals surface area contributed by atoms with Crippen molar-refractivity contribution in [3.63, 3.8) is 0 Å². The molecule has 8 heteroatoms. The van der Waals surface area contributed by atoms with Crippen LogP contribution in [0.5, 0.6) is 5.75 Å². The maximum Gasteiger partial charge on any atom is 0.123 e. The van der Waals surface area contributed by atoms with Crippen LogP contribution in [-0.2, 0) is 11.1 Å². The summed E-state index contributed by atoms with van der Waals surface area (Å²) in [5, 5.41) is 9.56. The average molecular weight is 591 g/mol. The lowest BCUT2D eigenvalue weighted by Gasteiger charge is -2.36. The summed E-state index contributed by atoms with van der Waals surface area (Å²) in [6, 6.07) is 26.6. The number of nitrogens with zero attached hydrogens (tertiary/aromatic N) is 3. The van der Waals surface area contributed by atoms with Crippen LogP contribution in [0.1, 0.15) is 11.1 Å². The molecule has 1 saturated heterocycles. The third-order valence-corrected chi connectivity index (χ3v) is 6.54. The molecule has 34 heavy (non-hydrogen) atoms. The van der Waals surface area contributed by atoms with Crippen LogP contribution >= 0.6 is 28.5 Å². The summed E-state index contributed by atoms with van der Waals surface area (Å²) in [5.41, 5.74) is 3.01. The summed E-state index contributed by atoms with van der Waals surface area (Å²) in [6.07, 6.45) is 0. The van der Waals surface area contributed by atoms with Crippen LogP contribution in [0.4, 0.5) is 10.1 Å². The number of halogens is 2. The van der Waals surface area contributed by atoms with Crippen LogP contribution in [0.2, 0.25) is 0 Å². The van der Waals surface area contributed by atoms with E-state index in [0.29, 0.717) is 25.2 Å². The summed E-state index contributed by atoms with van der Waals surface area (Å²) in [5.74, 6) is 0.543. The molecule has 1 aliphatic rings. The monoisotopic (exact) mass is 591 g/mol. The van der Waals surface area contributed by atoms with E-state index < -0.39 is 0 Å². The van der Waals surface area contributed by atoms with E-state index in [1.807, 2.05) is 18.2 Å². The number of ether oxygens (including phenoxy) is 1. The van der Waals surface area contributed by atoms with Gasteiger partial charge in [-0.05, 0) is 57.9 Å². The minimum Gasteiger partial charge on any atom is -0.491 e. The molecule has 1 atom stereocenters. The Labute approximate surface area is 215 Å². The molecule has 3 aromatic rings. The second-order valence-electron chi connectivity index (χ2n) is 7.61. The Morgan fingerprint density at radius 2 is 1.59 bits per heavy atom. The smallest absolute Gasteiger partial charge is 0.123 e. The van der Waals surface area contributed by atoms with Crippen LogP contribution in [-0.4, -0.2) is 44.3 Å². The molecule has 0 spiro atoms. The van der Waals surface area contributed by atoms with Crippen LogP contribution in [0.15, 0.2) is 78.9 Å². The molecule has 1 unspecified atom stereocenters. The van der Waals surface area contributed by atoms with Gasteiger partial charge in [-0.15, -0.1) is 0 Å². The summed E-state index contributed by atoms with van der Waals surface area (Å²) < 4.78 is 22.9. The fraction of sp³-hybridized carbons (Fsp3) is 0.269. The highest BCUT2D eigenvalue weighted by molar-refractivity contribution is 14.2. The van der Waals surface area contributed by atoms with Crippen molar-refractivity contribution in [2.24, 2.45) is 0 Å². The van der Waals surface area contributed by atoms with Crippen molar-refractivity contribution in [2.45, 2.75) is 6.54 Å². The maximum absolute atomic E-state index is 11.9. The normalized spacial score (nSPS) is 13.9. The number of piperazine rings is 1. The standard InChI is InChI=1S/C20H23IN3O2P.C6H5F/c21-27-26-13-12-25-19-6-7-20(18(14-19)15-22)24-10-8-23(9-11-24)16-17-4-2-1-3-5-17;7-6-4-2-1-3-5-6/h1-7,14,27H,8-13,16H2;1-5H. The Bertz CT molecular complexity index is 1030. The second kappa shape index (κ2) is 14.9. The summed E-state index contributed by atoms with van der Waals surface area (Å²) in [6.45, 7) is 6.31. The Morgan fingerprint density at radius 3 is 2.18 bits per heavy atom. The quantitative estimate of drug-likeness (QED) is 0.182. The van der Waals surface area contributed by atoms with Crippen molar-refractivity contribution in [1.29, 1.82) is 5.26 Å². The van der Waals surface area contributed by atoms with E-state index in [2.05, 4.69) is 68.2 Å². The molecule has 4 rings (SSSR count). The topological polar surface area (TPSA) is 48.7 Å². The maximum atomic E-state index is 11.9. The lowest BCUT2D eigenvalue weighted by atomic mass is 10.1. The molecular formula is C26H28FIN3O2P. The van der Waals surface area contributed by atoms with Gasteiger partial charge in [0.25, 0.3) is 0 Å². The molecular weight excluding hydrogens is 563 g/mol. The summed E-state index contributed by atoms with van der Waals surface area (Å²) in [4.78, 5) is 4.76. The van der Waals surface area contributed by atoms with Gasteiger partial charge in [0.2, 0.25) is 0 Å². The van der Waals surface area contributed by atoms with Gasteiger partial charge >= 0.3 is 0 Å². The molecule has 0 aliphatic carbocycles. The predicted molar refractivity (Wildman–Crippen MR) is 145 cm³/mol. The van der Waals surface area contributed by atoms with E-state index in [1.165, 1.54) is 17.7 Å². The number of hydrogen-bond acceptors (Lipinski definition) is 5. The molecule has 0 amide bonds. The van der Waals surface area contributed by atoms with E-state index in [-0.39, 0.29) is 5.82 Å². The van der Waals surface area contributed by atoms with Gasteiger partial charge in [-0.2, -0.15) is 5.26 Å². The van der Waals surface area contributed by atoms with E-state index in [4.69, 9.17) is 9.26 Å². The highest BCUT2D eigenvalue weighted by Crippen LogP contribution is 2.27. The molecule has 3 aromatic carbocycles. The van der Waals surface area contributed by atoms with Gasteiger partial charge in [-0.3, -0.25) is 4.90 Å². The Hall–Kier alpha value is -2.24. The van der Waals surface area contributed by atoms with Crippen molar-refractivity contribution < 1.29 is 13.7 Å². The third kappa shape index (κ3) is 8.84. The van der Waals surface area contributed by atoms with Crippen molar-refractivity contribution >= 4 is 34.2 Å². The van der Waals surface area contributed by atoms with Gasteiger partial charge in [0.1, 0.15) is 24.2 Å². The number of hydrogen-bond donors (Lipinski definition) is 0. The van der Waals surface area contributed by atoms with Gasteiger partial charge < -0.3 is 14.2 Å². The lowest BCUT2D eigenvalue weighted by molar-refractivity contribution is 0.237. The van der Waals surface area contributed by atoms with Crippen LogP contribution in [0, 0.1) is 17.1 Å². The van der Waals surface area contributed by atoms with Crippen molar-refractivity contribution in [1.82, 2.24) is 4.90 Å². The average Bonchev–Trinajstić information content (AvgIpc) is 2.88. The predicted octanol–water partition coefficient (Wildman–Crippen LogP) is 6.05. The fourth-order valence-corrected chi connectivity index (χ4v) is 4.43. The number of rotatable bonds is 8. The van der Waals surface area contributed by atoms with Gasteiger partial charge in [0.05, 0.1) is 24.3 Å². The van der Waals surface area contributed by atoms with E-state index in [1.54, 1.807) is 18.2 Å². The van der Waals surface area contributed by atoms with Crippen LogP contribution in [0.25, 0.3) is 0 Å². The zero-order chi connectivity index (χ0) is 24.0. The fourth-order valence-electron chi connectivity index (χ4n) is 3.61.